The molecule has 2 nitrogen and oxygen atoms in total. The molecule has 10 heavy (non-hydrogen) atoms. The fourth-order valence-corrected chi connectivity index (χ4v) is 1.01. The molecule has 0 aromatic rings. The summed E-state index contributed by atoms with van der Waals surface area (Å²) >= 11 is 0. The second-order valence-corrected chi connectivity index (χ2v) is 2.17. The third kappa shape index (κ3) is 1.26. The highest BCUT2D eigenvalue weighted by molar-refractivity contribution is 5.85. The van der Waals surface area contributed by atoms with Gasteiger partial charge < -0.3 is 4.90 Å². The van der Waals surface area contributed by atoms with Gasteiger partial charge in [0.15, 0.2) is 0 Å². The molecule has 1 aliphatic rings. The molecule has 0 N–H and O–H groups in total. The Labute approximate surface area is 61.6 Å². The molecule has 0 bridgehead atoms. The standard InChI is InChI=1S/C8H12N2/c1-3-5-8-9-6-7-10(8)4-2/h3-4H,1-2,5-7H2. The van der Waals surface area contributed by atoms with Crippen LogP contribution in [0.25, 0.3) is 0 Å². The molecule has 0 radical (unpaired) electrons. The molecule has 0 aromatic carbocycles. The zero-order valence-corrected chi connectivity index (χ0v) is 6.08. The number of hydrogen-bond acceptors (Lipinski definition) is 2. The summed E-state index contributed by atoms with van der Waals surface area (Å²) in [5.41, 5.74) is 0. The predicted octanol–water partition coefficient (Wildman–Crippen LogP) is 1.42. The van der Waals surface area contributed by atoms with Crippen LogP contribution in [-0.4, -0.2) is 23.8 Å². The lowest BCUT2D eigenvalue weighted by Crippen LogP contribution is -2.20. The van der Waals surface area contributed by atoms with Crippen LogP contribution >= 0.6 is 0 Å². The molecular weight excluding hydrogens is 124 g/mol. The fraction of sp³-hybridized carbons (Fsp3) is 0.375. The zero-order valence-electron chi connectivity index (χ0n) is 6.08. The lowest BCUT2D eigenvalue weighted by molar-refractivity contribution is 0.606. The Kier molecular flexibility index (Phi) is 2.26. The average molecular weight is 136 g/mol. The minimum atomic E-state index is 0.853. The maximum absolute atomic E-state index is 4.28. The van der Waals surface area contributed by atoms with E-state index >= 15 is 0 Å². The van der Waals surface area contributed by atoms with Crippen LogP contribution in [0, 0.1) is 0 Å². The minimum Gasteiger partial charge on any atom is -0.335 e. The molecular formula is C8H12N2. The first-order valence-electron chi connectivity index (χ1n) is 3.42. The molecule has 1 aliphatic heterocycles. The normalized spacial score (nSPS) is 16.8. The Bertz CT molecular complexity index is 170. The quantitative estimate of drug-likeness (QED) is 0.536. The topological polar surface area (TPSA) is 15.6 Å². The summed E-state index contributed by atoms with van der Waals surface area (Å²) in [5.74, 6) is 1.09. The second kappa shape index (κ2) is 3.20. The summed E-state index contributed by atoms with van der Waals surface area (Å²) in [7, 11) is 0. The molecule has 0 aromatic heterocycles. The molecule has 54 valence electrons. The summed E-state index contributed by atoms with van der Waals surface area (Å²) in [4.78, 5) is 6.34. The molecule has 0 unspecified atom stereocenters. The van der Waals surface area contributed by atoms with Gasteiger partial charge in [-0.3, -0.25) is 4.99 Å². The summed E-state index contributed by atoms with van der Waals surface area (Å²) < 4.78 is 0. The van der Waals surface area contributed by atoms with Gasteiger partial charge in [-0.2, -0.15) is 0 Å². The SMILES string of the molecule is C=CCC1=NCCN1C=C. The number of aliphatic imine (C=N–C) groups is 1. The van der Waals surface area contributed by atoms with Crippen LogP contribution in [0.4, 0.5) is 0 Å². The molecule has 0 amide bonds. The Hall–Kier alpha value is -1.05. The molecule has 0 fully saturated rings. The molecule has 1 rings (SSSR count). The third-order valence-corrected chi connectivity index (χ3v) is 1.51. The first-order chi connectivity index (χ1) is 4.88. The van der Waals surface area contributed by atoms with Crippen molar-refractivity contribution in [1.82, 2.24) is 4.90 Å². The van der Waals surface area contributed by atoms with Crippen LogP contribution in [0.3, 0.4) is 0 Å². The van der Waals surface area contributed by atoms with Crippen molar-refractivity contribution in [2.45, 2.75) is 6.42 Å². The van der Waals surface area contributed by atoms with Crippen molar-refractivity contribution in [2.24, 2.45) is 4.99 Å². The first-order valence-corrected chi connectivity index (χ1v) is 3.42. The van der Waals surface area contributed by atoms with E-state index in [1.54, 1.807) is 0 Å². The van der Waals surface area contributed by atoms with Gasteiger partial charge >= 0.3 is 0 Å². The highest BCUT2D eigenvalue weighted by Gasteiger charge is 2.10. The molecule has 0 atom stereocenters. The second-order valence-electron chi connectivity index (χ2n) is 2.17. The van der Waals surface area contributed by atoms with Crippen molar-refractivity contribution in [1.29, 1.82) is 0 Å². The fourth-order valence-electron chi connectivity index (χ4n) is 1.01. The maximum Gasteiger partial charge on any atom is 0.107 e. The van der Waals surface area contributed by atoms with Crippen LogP contribution in [0.2, 0.25) is 0 Å². The zero-order chi connectivity index (χ0) is 7.40. The van der Waals surface area contributed by atoms with E-state index in [1.807, 2.05) is 12.3 Å². The summed E-state index contributed by atoms with van der Waals surface area (Å²) in [6.07, 6.45) is 4.53. The Balaban J connectivity index is 2.55. The van der Waals surface area contributed by atoms with Crippen LogP contribution in [0.15, 0.2) is 30.4 Å². The van der Waals surface area contributed by atoms with Crippen molar-refractivity contribution in [3.8, 4) is 0 Å². The Morgan fingerprint density at radius 1 is 1.60 bits per heavy atom. The van der Waals surface area contributed by atoms with Crippen molar-refractivity contribution >= 4 is 5.84 Å². The highest BCUT2D eigenvalue weighted by atomic mass is 15.2. The van der Waals surface area contributed by atoms with Gasteiger partial charge in [-0.1, -0.05) is 12.7 Å². The lowest BCUT2D eigenvalue weighted by atomic mass is 10.4. The predicted molar refractivity (Wildman–Crippen MR) is 44.0 cm³/mol. The van der Waals surface area contributed by atoms with Gasteiger partial charge in [0.05, 0.1) is 6.54 Å². The van der Waals surface area contributed by atoms with E-state index in [4.69, 9.17) is 0 Å². The number of hydrogen-bond donors (Lipinski definition) is 0. The molecule has 0 spiro atoms. The lowest BCUT2D eigenvalue weighted by Gasteiger charge is -2.12. The van der Waals surface area contributed by atoms with Crippen molar-refractivity contribution in [3.05, 3.63) is 25.4 Å². The maximum atomic E-state index is 4.28. The summed E-state index contributed by atoms with van der Waals surface area (Å²) in [5, 5.41) is 0. The van der Waals surface area contributed by atoms with Crippen LogP contribution < -0.4 is 0 Å². The smallest absolute Gasteiger partial charge is 0.107 e. The largest absolute Gasteiger partial charge is 0.335 e. The molecule has 2 heteroatoms. The molecule has 1 heterocycles. The Morgan fingerprint density at radius 2 is 2.40 bits per heavy atom. The molecule has 0 saturated heterocycles. The van der Waals surface area contributed by atoms with E-state index in [2.05, 4.69) is 23.1 Å². The van der Waals surface area contributed by atoms with Crippen molar-refractivity contribution in [2.75, 3.05) is 13.1 Å². The third-order valence-electron chi connectivity index (χ3n) is 1.51. The molecule has 0 aliphatic carbocycles. The van der Waals surface area contributed by atoms with Crippen LogP contribution in [0.5, 0.6) is 0 Å². The van der Waals surface area contributed by atoms with Crippen molar-refractivity contribution < 1.29 is 0 Å². The van der Waals surface area contributed by atoms with Crippen molar-refractivity contribution in [3.63, 3.8) is 0 Å². The van der Waals surface area contributed by atoms with Gasteiger partial charge in [0.1, 0.15) is 5.84 Å². The van der Waals surface area contributed by atoms with Crippen LogP contribution in [0.1, 0.15) is 6.42 Å². The van der Waals surface area contributed by atoms with E-state index in [1.165, 1.54) is 0 Å². The monoisotopic (exact) mass is 136 g/mol. The van der Waals surface area contributed by atoms with E-state index in [0.717, 1.165) is 25.3 Å². The Morgan fingerprint density at radius 3 is 3.00 bits per heavy atom. The number of amidine groups is 1. The number of nitrogens with zero attached hydrogens (tertiary/aromatic N) is 2. The minimum absolute atomic E-state index is 0.853. The van der Waals surface area contributed by atoms with E-state index in [-0.39, 0.29) is 0 Å². The molecule has 0 saturated carbocycles. The van der Waals surface area contributed by atoms with Gasteiger partial charge in [0.2, 0.25) is 0 Å². The van der Waals surface area contributed by atoms with E-state index in [0.29, 0.717) is 0 Å². The van der Waals surface area contributed by atoms with Crippen LogP contribution in [-0.2, 0) is 0 Å². The van der Waals surface area contributed by atoms with E-state index < -0.39 is 0 Å². The van der Waals surface area contributed by atoms with Gasteiger partial charge in [0, 0.05) is 13.0 Å². The van der Waals surface area contributed by atoms with E-state index in [9.17, 15) is 0 Å². The average Bonchev–Trinajstić information content (AvgIpc) is 2.36. The number of rotatable bonds is 3. The van der Waals surface area contributed by atoms with Gasteiger partial charge in [-0.25, -0.2) is 0 Å². The first kappa shape index (κ1) is 7.06. The van der Waals surface area contributed by atoms with Gasteiger partial charge in [-0.15, -0.1) is 6.58 Å². The van der Waals surface area contributed by atoms with Gasteiger partial charge in [-0.05, 0) is 6.20 Å². The summed E-state index contributed by atoms with van der Waals surface area (Å²) in [6.45, 7) is 9.21. The highest BCUT2D eigenvalue weighted by Crippen LogP contribution is 2.04. The van der Waals surface area contributed by atoms with Gasteiger partial charge in [0.25, 0.3) is 0 Å². The summed E-state index contributed by atoms with van der Waals surface area (Å²) in [6, 6.07) is 0.